The van der Waals surface area contributed by atoms with E-state index in [1.165, 1.54) is 0 Å². The number of nitrogens with one attached hydrogen (secondary N) is 1. The van der Waals surface area contributed by atoms with Gasteiger partial charge in [-0.2, -0.15) is 0 Å². The van der Waals surface area contributed by atoms with Gasteiger partial charge in [-0.15, -0.1) is 0 Å². The summed E-state index contributed by atoms with van der Waals surface area (Å²) < 4.78 is 33.5. The summed E-state index contributed by atoms with van der Waals surface area (Å²) in [5.74, 6) is 0.863. The smallest absolute Gasteiger partial charge is 0.240 e. The number of hydrogen-bond acceptors (Lipinski definition) is 4. The summed E-state index contributed by atoms with van der Waals surface area (Å²) in [6, 6.07) is 14.4. The highest BCUT2D eigenvalue weighted by Crippen LogP contribution is 2.18. The number of nitrogens with zero attached hydrogens (tertiary/aromatic N) is 1. The Kier molecular flexibility index (Phi) is 7.50. The Hall–Kier alpha value is -2.38. The fourth-order valence-corrected chi connectivity index (χ4v) is 4.90. The number of amides is 1. The maximum absolute atomic E-state index is 12.6. The molecule has 1 N–H and O–H groups in total. The number of likely N-dealkylation sites (tertiary alicyclic amines) is 1. The Morgan fingerprint density at radius 2 is 1.60 bits per heavy atom. The number of ether oxygens (including phenoxy) is 1. The van der Waals surface area contributed by atoms with Gasteiger partial charge in [0.05, 0.1) is 17.9 Å². The molecular formula is C23H30N2O4S. The molecule has 0 unspecified atom stereocenters. The zero-order valence-corrected chi connectivity index (χ0v) is 18.5. The van der Waals surface area contributed by atoms with Crippen LogP contribution < -0.4 is 9.46 Å². The molecule has 0 aromatic heterocycles. The summed E-state index contributed by atoms with van der Waals surface area (Å²) in [6.07, 6.45) is 2.44. The lowest BCUT2D eigenvalue weighted by atomic mass is 10.0. The van der Waals surface area contributed by atoms with Crippen molar-refractivity contribution in [2.45, 2.75) is 50.5 Å². The second kappa shape index (κ2) is 10.1. The quantitative estimate of drug-likeness (QED) is 0.698. The van der Waals surface area contributed by atoms with Crippen LogP contribution in [0.2, 0.25) is 0 Å². The van der Waals surface area contributed by atoms with Gasteiger partial charge in [-0.25, -0.2) is 13.1 Å². The number of carbonyl (C=O) groups is 1. The zero-order valence-electron chi connectivity index (χ0n) is 17.6. The van der Waals surface area contributed by atoms with Gasteiger partial charge in [0.15, 0.2) is 0 Å². The molecular weight excluding hydrogens is 400 g/mol. The van der Waals surface area contributed by atoms with Crippen molar-refractivity contribution in [3.05, 3.63) is 59.7 Å². The molecule has 0 saturated carbocycles. The first-order valence-corrected chi connectivity index (χ1v) is 12.0. The molecule has 7 heteroatoms. The van der Waals surface area contributed by atoms with Crippen LogP contribution >= 0.6 is 0 Å². The average Bonchev–Trinajstić information content (AvgIpc) is 2.75. The SMILES string of the molecule is CCOc1ccc(CC(=O)N2CCC(NS(=O)(=O)c3ccc(CC)cc3)CC2)cc1. The minimum absolute atomic E-state index is 0.0654. The van der Waals surface area contributed by atoms with E-state index in [0.717, 1.165) is 23.3 Å². The summed E-state index contributed by atoms with van der Waals surface area (Å²) in [5, 5.41) is 0. The molecule has 1 saturated heterocycles. The molecule has 30 heavy (non-hydrogen) atoms. The van der Waals surface area contributed by atoms with Crippen LogP contribution in [0.25, 0.3) is 0 Å². The third-order valence-electron chi connectivity index (χ3n) is 5.40. The topological polar surface area (TPSA) is 75.7 Å². The average molecular weight is 431 g/mol. The highest BCUT2D eigenvalue weighted by molar-refractivity contribution is 7.89. The van der Waals surface area contributed by atoms with Crippen LogP contribution in [0.5, 0.6) is 5.75 Å². The van der Waals surface area contributed by atoms with E-state index in [1.54, 1.807) is 12.1 Å². The molecule has 0 aliphatic carbocycles. The second-order valence-electron chi connectivity index (χ2n) is 7.53. The van der Waals surface area contributed by atoms with Gasteiger partial charge in [-0.1, -0.05) is 31.2 Å². The van der Waals surface area contributed by atoms with E-state index in [2.05, 4.69) is 4.72 Å². The van der Waals surface area contributed by atoms with Crippen molar-refractivity contribution in [2.75, 3.05) is 19.7 Å². The first kappa shape index (κ1) is 22.3. The van der Waals surface area contributed by atoms with Gasteiger partial charge in [-0.3, -0.25) is 4.79 Å². The molecule has 1 fully saturated rings. The number of benzene rings is 2. The summed E-state index contributed by atoms with van der Waals surface area (Å²) in [4.78, 5) is 14.7. The van der Waals surface area contributed by atoms with Gasteiger partial charge in [0.2, 0.25) is 15.9 Å². The van der Waals surface area contributed by atoms with Gasteiger partial charge in [0, 0.05) is 19.1 Å². The Bertz CT molecular complexity index is 932. The van der Waals surface area contributed by atoms with Crippen molar-refractivity contribution in [3.8, 4) is 5.75 Å². The summed E-state index contributed by atoms with van der Waals surface area (Å²) >= 11 is 0. The molecule has 0 spiro atoms. The standard InChI is InChI=1S/C23H30N2O4S/c1-3-18-7-11-22(12-8-18)30(27,28)24-20-13-15-25(16-14-20)23(26)17-19-5-9-21(10-6-19)29-4-2/h5-12,20,24H,3-4,13-17H2,1-2H3. The molecule has 2 aromatic rings. The second-order valence-corrected chi connectivity index (χ2v) is 9.24. The van der Waals surface area contributed by atoms with Crippen LogP contribution in [0.4, 0.5) is 0 Å². The minimum atomic E-state index is -3.55. The van der Waals surface area contributed by atoms with E-state index in [1.807, 2.05) is 55.1 Å². The molecule has 0 bridgehead atoms. The van der Waals surface area contributed by atoms with Gasteiger partial charge in [-0.05, 0) is 61.6 Å². The monoisotopic (exact) mass is 430 g/mol. The number of sulfonamides is 1. The predicted octanol–water partition coefficient (Wildman–Crippen LogP) is 3.16. The molecule has 1 heterocycles. The lowest BCUT2D eigenvalue weighted by Gasteiger charge is -2.32. The number of piperidine rings is 1. The van der Waals surface area contributed by atoms with Crippen LogP contribution in [0.1, 0.15) is 37.8 Å². The van der Waals surface area contributed by atoms with E-state index >= 15 is 0 Å². The first-order chi connectivity index (χ1) is 14.4. The summed E-state index contributed by atoms with van der Waals surface area (Å²) in [5.41, 5.74) is 2.05. The molecule has 1 amide bonds. The molecule has 0 radical (unpaired) electrons. The lowest BCUT2D eigenvalue weighted by Crippen LogP contribution is -2.46. The molecule has 1 aliphatic heterocycles. The third kappa shape index (κ3) is 5.83. The highest BCUT2D eigenvalue weighted by Gasteiger charge is 2.26. The fourth-order valence-electron chi connectivity index (χ4n) is 3.60. The molecule has 6 nitrogen and oxygen atoms in total. The number of aryl methyl sites for hydroxylation is 1. The Balaban J connectivity index is 1.50. The zero-order chi connectivity index (χ0) is 21.6. The van der Waals surface area contributed by atoms with Crippen LogP contribution in [-0.2, 0) is 27.7 Å². The van der Waals surface area contributed by atoms with Crippen molar-refractivity contribution < 1.29 is 17.9 Å². The predicted molar refractivity (Wildman–Crippen MR) is 117 cm³/mol. The van der Waals surface area contributed by atoms with Crippen LogP contribution in [0.15, 0.2) is 53.4 Å². The minimum Gasteiger partial charge on any atom is -0.494 e. The maximum atomic E-state index is 12.6. The van der Waals surface area contributed by atoms with E-state index < -0.39 is 10.0 Å². The van der Waals surface area contributed by atoms with Crippen LogP contribution in [0, 0.1) is 0 Å². The van der Waals surface area contributed by atoms with E-state index in [-0.39, 0.29) is 16.8 Å². The molecule has 162 valence electrons. The first-order valence-electron chi connectivity index (χ1n) is 10.5. The van der Waals surface area contributed by atoms with Crippen LogP contribution in [0.3, 0.4) is 0 Å². The Labute approximate surface area is 179 Å². The molecule has 2 aromatic carbocycles. The van der Waals surface area contributed by atoms with Crippen molar-refractivity contribution in [3.63, 3.8) is 0 Å². The van der Waals surface area contributed by atoms with Crippen molar-refractivity contribution in [2.24, 2.45) is 0 Å². The summed E-state index contributed by atoms with van der Waals surface area (Å²) in [7, 11) is -3.55. The molecule has 3 rings (SSSR count). The largest absolute Gasteiger partial charge is 0.494 e. The number of hydrogen-bond donors (Lipinski definition) is 1. The molecule has 0 atom stereocenters. The Morgan fingerprint density at radius 1 is 1.00 bits per heavy atom. The number of carbonyl (C=O) groups excluding carboxylic acids is 1. The van der Waals surface area contributed by atoms with Crippen LogP contribution in [-0.4, -0.2) is 45.0 Å². The van der Waals surface area contributed by atoms with Gasteiger partial charge in [0.1, 0.15) is 5.75 Å². The highest BCUT2D eigenvalue weighted by atomic mass is 32.2. The normalized spacial score (nSPS) is 15.2. The van der Waals surface area contributed by atoms with Gasteiger partial charge < -0.3 is 9.64 Å². The third-order valence-corrected chi connectivity index (χ3v) is 6.94. The van der Waals surface area contributed by atoms with Crippen molar-refractivity contribution in [1.82, 2.24) is 9.62 Å². The number of rotatable bonds is 8. The van der Waals surface area contributed by atoms with Gasteiger partial charge in [0.25, 0.3) is 0 Å². The van der Waals surface area contributed by atoms with E-state index in [0.29, 0.717) is 39.0 Å². The van der Waals surface area contributed by atoms with Crippen molar-refractivity contribution >= 4 is 15.9 Å². The molecule has 1 aliphatic rings. The fraction of sp³-hybridized carbons (Fsp3) is 0.435. The van der Waals surface area contributed by atoms with E-state index in [4.69, 9.17) is 4.74 Å². The summed E-state index contributed by atoms with van der Waals surface area (Å²) in [6.45, 7) is 5.69. The van der Waals surface area contributed by atoms with Crippen molar-refractivity contribution in [1.29, 1.82) is 0 Å². The maximum Gasteiger partial charge on any atom is 0.240 e. The van der Waals surface area contributed by atoms with Gasteiger partial charge >= 0.3 is 0 Å². The Morgan fingerprint density at radius 3 is 2.17 bits per heavy atom. The lowest BCUT2D eigenvalue weighted by molar-refractivity contribution is -0.131. The van der Waals surface area contributed by atoms with E-state index in [9.17, 15) is 13.2 Å².